The van der Waals surface area contributed by atoms with Crippen molar-refractivity contribution in [2.24, 2.45) is 0 Å². The summed E-state index contributed by atoms with van der Waals surface area (Å²) in [5, 5.41) is 8.27. The van der Waals surface area contributed by atoms with Crippen LogP contribution in [0.15, 0.2) is 10.9 Å². The molecule has 0 aromatic carbocycles. The molecule has 5 nitrogen and oxygen atoms in total. The number of anilines is 1. The molecule has 7 heteroatoms. The molecule has 0 unspecified atom stereocenters. The maximum absolute atomic E-state index is 11.8. The lowest BCUT2D eigenvalue weighted by molar-refractivity contribution is 0.829. The van der Waals surface area contributed by atoms with E-state index < -0.39 is 0 Å². The fourth-order valence-electron chi connectivity index (χ4n) is 1.68. The topological polar surface area (TPSA) is 59.3 Å². The van der Waals surface area contributed by atoms with Crippen LogP contribution in [0.25, 0.3) is 4.96 Å². The first-order valence-electron chi connectivity index (χ1n) is 6.37. The molecule has 0 aliphatic heterocycles. The summed E-state index contributed by atoms with van der Waals surface area (Å²) >= 11 is 3.29. The molecular weight excluding hydrogens is 280 g/mol. The van der Waals surface area contributed by atoms with Gasteiger partial charge in [0.1, 0.15) is 0 Å². The van der Waals surface area contributed by atoms with Crippen molar-refractivity contribution in [1.29, 1.82) is 0 Å². The average Bonchev–Trinajstić information content (AvgIpc) is 2.82. The molecule has 2 rings (SSSR count). The van der Waals surface area contributed by atoms with Crippen molar-refractivity contribution in [1.82, 2.24) is 14.6 Å². The van der Waals surface area contributed by atoms with Gasteiger partial charge in [0.15, 0.2) is 0 Å². The first-order chi connectivity index (χ1) is 9.24. The van der Waals surface area contributed by atoms with Gasteiger partial charge in [-0.05, 0) is 31.3 Å². The number of nitrogens with one attached hydrogen (secondary N) is 1. The van der Waals surface area contributed by atoms with E-state index in [2.05, 4.69) is 21.7 Å². The van der Waals surface area contributed by atoms with E-state index in [9.17, 15) is 4.79 Å². The highest BCUT2D eigenvalue weighted by Gasteiger charge is 2.07. The summed E-state index contributed by atoms with van der Waals surface area (Å²) in [7, 11) is 0. The van der Waals surface area contributed by atoms with Crippen molar-refractivity contribution in [2.75, 3.05) is 23.9 Å². The molecule has 0 aliphatic carbocycles. The third kappa shape index (κ3) is 3.70. The summed E-state index contributed by atoms with van der Waals surface area (Å²) in [5.41, 5.74) is 0.716. The smallest absolute Gasteiger partial charge is 0.275 e. The van der Waals surface area contributed by atoms with Crippen LogP contribution in [-0.2, 0) is 6.42 Å². The van der Waals surface area contributed by atoms with Gasteiger partial charge >= 0.3 is 0 Å². The molecule has 0 radical (unpaired) electrons. The van der Waals surface area contributed by atoms with Crippen molar-refractivity contribution in [2.45, 2.75) is 26.2 Å². The van der Waals surface area contributed by atoms with Gasteiger partial charge in [0.2, 0.25) is 10.1 Å². The third-order valence-corrected chi connectivity index (χ3v) is 4.27. The number of aryl methyl sites for hydroxylation is 1. The van der Waals surface area contributed by atoms with Crippen LogP contribution in [0.3, 0.4) is 0 Å². The summed E-state index contributed by atoms with van der Waals surface area (Å²) in [6.07, 6.45) is 5.18. The highest BCUT2D eigenvalue weighted by atomic mass is 32.2. The van der Waals surface area contributed by atoms with Crippen molar-refractivity contribution in [3.63, 3.8) is 0 Å². The van der Waals surface area contributed by atoms with Gasteiger partial charge in [0, 0.05) is 18.3 Å². The first-order valence-corrected chi connectivity index (χ1v) is 8.58. The summed E-state index contributed by atoms with van der Waals surface area (Å²) in [6.45, 7) is 2.87. The Bertz CT molecular complexity index is 593. The third-order valence-electron chi connectivity index (χ3n) is 2.71. The molecule has 0 bridgehead atoms. The van der Waals surface area contributed by atoms with Crippen LogP contribution in [0.4, 0.5) is 5.13 Å². The molecular formula is C12H18N4OS2. The van der Waals surface area contributed by atoms with Crippen LogP contribution in [0, 0.1) is 0 Å². The monoisotopic (exact) mass is 298 g/mol. The Morgan fingerprint density at radius 3 is 3.05 bits per heavy atom. The van der Waals surface area contributed by atoms with Gasteiger partial charge in [0.05, 0.1) is 0 Å². The minimum absolute atomic E-state index is 0.103. The van der Waals surface area contributed by atoms with Crippen molar-refractivity contribution < 1.29 is 0 Å². The number of aromatic nitrogens is 3. The highest BCUT2D eigenvalue weighted by Crippen LogP contribution is 2.16. The number of fused-ring (bicyclic) bond motifs is 1. The zero-order valence-corrected chi connectivity index (χ0v) is 12.8. The summed E-state index contributed by atoms with van der Waals surface area (Å²) < 4.78 is 1.37. The molecule has 1 N–H and O–H groups in total. The Labute approximate surface area is 120 Å². The lowest BCUT2D eigenvalue weighted by atomic mass is 10.3. The molecule has 0 saturated carbocycles. The lowest BCUT2D eigenvalue weighted by Gasteiger charge is -2.00. The molecule has 0 atom stereocenters. The van der Waals surface area contributed by atoms with Gasteiger partial charge in [-0.1, -0.05) is 18.3 Å². The van der Waals surface area contributed by atoms with E-state index in [4.69, 9.17) is 0 Å². The second-order valence-corrected chi connectivity index (χ2v) is 6.11. The largest absolute Gasteiger partial charge is 0.360 e. The maximum Gasteiger partial charge on any atom is 0.275 e. The summed E-state index contributed by atoms with van der Waals surface area (Å²) in [6, 6.07) is 1.55. The molecule has 19 heavy (non-hydrogen) atoms. The van der Waals surface area contributed by atoms with Crippen LogP contribution in [0.2, 0.25) is 0 Å². The van der Waals surface area contributed by atoms with Crippen LogP contribution in [0.5, 0.6) is 0 Å². The molecule has 2 heterocycles. The molecule has 2 aromatic rings. The molecule has 0 aliphatic rings. The summed E-state index contributed by atoms with van der Waals surface area (Å²) in [5.74, 6) is 1.18. The zero-order valence-electron chi connectivity index (χ0n) is 11.2. The predicted molar refractivity (Wildman–Crippen MR) is 82.6 cm³/mol. The highest BCUT2D eigenvalue weighted by molar-refractivity contribution is 7.98. The number of rotatable bonds is 7. The number of thioether (sulfide) groups is 1. The lowest BCUT2D eigenvalue weighted by Crippen LogP contribution is -2.15. The van der Waals surface area contributed by atoms with Crippen LogP contribution < -0.4 is 10.9 Å². The van der Waals surface area contributed by atoms with E-state index in [-0.39, 0.29) is 5.56 Å². The van der Waals surface area contributed by atoms with Crippen molar-refractivity contribution in [3.05, 3.63) is 22.1 Å². The first kappa shape index (κ1) is 14.3. The van der Waals surface area contributed by atoms with E-state index in [1.807, 2.05) is 18.7 Å². The fraction of sp³-hybridized carbons (Fsp3) is 0.583. The Kier molecular flexibility index (Phi) is 5.21. The minimum Gasteiger partial charge on any atom is -0.360 e. The van der Waals surface area contributed by atoms with E-state index in [0.29, 0.717) is 4.96 Å². The fourth-order valence-corrected chi connectivity index (χ4v) is 3.02. The van der Waals surface area contributed by atoms with Gasteiger partial charge in [-0.3, -0.25) is 4.79 Å². The Balaban J connectivity index is 2.05. The normalized spacial score (nSPS) is 11.1. The van der Waals surface area contributed by atoms with E-state index in [0.717, 1.165) is 30.2 Å². The Hall–Kier alpha value is -1.08. The molecule has 104 valence electrons. The zero-order chi connectivity index (χ0) is 13.7. The quantitative estimate of drug-likeness (QED) is 0.795. The number of nitrogens with zero attached hydrogens (tertiary/aromatic N) is 3. The standard InChI is InChI=1S/C12H18N4OS2/c1-3-9-8-10(17)16-12(14-9)19-11(15-16)13-6-4-5-7-18-2/h8H,3-7H2,1-2H3,(H,13,15). The van der Waals surface area contributed by atoms with Crippen LogP contribution in [0.1, 0.15) is 25.5 Å². The Morgan fingerprint density at radius 1 is 1.47 bits per heavy atom. The van der Waals surface area contributed by atoms with Crippen LogP contribution >= 0.6 is 23.1 Å². The molecule has 2 aromatic heterocycles. The molecule has 0 fully saturated rings. The summed E-state index contributed by atoms with van der Waals surface area (Å²) in [4.78, 5) is 16.9. The molecule has 0 saturated heterocycles. The number of hydrogen-bond donors (Lipinski definition) is 1. The SMILES string of the molecule is CCc1cc(=O)n2nc(NCCCCSC)sc2n1. The van der Waals surface area contributed by atoms with Crippen molar-refractivity contribution >= 4 is 33.2 Å². The van der Waals surface area contributed by atoms with Gasteiger partial charge in [-0.2, -0.15) is 16.3 Å². The second-order valence-electron chi connectivity index (χ2n) is 4.17. The minimum atomic E-state index is -0.103. The average molecular weight is 298 g/mol. The predicted octanol–water partition coefficient (Wildman–Crippen LogP) is 2.27. The van der Waals surface area contributed by atoms with Gasteiger partial charge < -0.3 is 5.32 Å². The molecule has 0 spiro atoms. The second kappa shape index (κ2) is 6.91. The van der Waals surface area contributed by atoms with Gasteiger partial charge in [0.25, 0.3) is 5.56 Å². The van der Waals surface area contributed by atoms with Crippen molar-refractivity contribution in [3.8, 4) is 0 Å². The van der Waals surface area contributed by atoms with E-state index in [1.165, 1.54) is 28.0 Å². The number of hydrogen-bond acceptors (Lipinski definition) is 6. The number of unbranched alkanes of at least 4 members (excludes halogenated alkanes) is 1. The maximum atomic E-state index is 11.8. The van der Waals surface area contributed by atoms with Crippen LogP contribution in [-0.4, -0.2) is 33.2 Å². The van der Waals surface area contributed by atoms with Gasteiger partial charge in [-0.15, -0.1) is 5.10 Å². The van der Waals surface area contributed by atoms with E-state index >= 15 is 0 Å². The van der Waals surface area contributed by atoms with E-state index in [1.54, 1.807) is 6.07 Å². The Morgan fingerprint density at radius 2 is 2.32 bits per heavy atom. The molecule has 0 amide bonds. The van der Waals surface area contributed by atoms with Gasteiger partial charge in [-0.25, -0.2) is 4.98 Å².